The molecule has 0 aliphatic heterocycles. The molecule has 2 N–H and O–H groups in total. The lowest BCUT2D eigenvalue weighted by molar-refractivity contribution is 1.10. The number of nitrogens with zero attached hydrogens (tertiary/aromatic N) is 3. The first-order chi connectivity index (χ1) is 9.78. The number of nitrogens with one attached hydrogen (secondary N) is 2. The van der Waals surface area contributed by atoms with Crippen LogP contribution in [0, 0.1) is 0 Å². The van der Waals surface area contributed by atoms with E-state index in [1.807, 2.05) is 24.6 Å². The minimum absolute atomic E-state index is 0.736. The molecule has 0 saturated heterocycles. The van der Waals surface area contributed by atoms with Crippen LogP contribution < -0.4 is 10.6 Å². The molecule has 0 fully saturated rings. The van der Waals surface area contributed by atoms with Crippen molar-refractivity contribution in [3.05, 3.63) is 34.5 Å². The van der Waals surface area contributed by atoms with Gasteiger partial charge in [-0.1, -0.05) is 0 Å². The molecule has 0 aliphatic rings. The number of halogens is 1. The lowest BCUT2D eigenvalue weighted by Gasteiger charge is -2.10. The van der Waals surface area contributed by atoms with Gasteiger partial charge in [-0.05, 0) is 41.1 Å². The molecule has 1 aromatic carbocycles. The van der Waals surface area contributed by atoms with E-state index in [0.29, 0.717) is 0 Å². The van der Waals surface area contributed by atoms with Crippen LogP contribution in [0.5, 0.6) is 0 Å². The number of rotatable bonds is 4. The van der Waals surface area contributed by atoms with Crippen LogP contribution in [0.2, 0.25) is 0 Å². The van der Waals surface area contributed by atoms with Crippen molar-refractivity contribution in [3.63, 3.8) is 0 Å². The van der Waals surface area contributed by atoms with Crippen molar-refractivity contribution in [2.75, 3.05) is 17.2 Å². The molecule has 7 heteroatoms. The standard InChI is InChI=1S/C13H12BrN5S/c1-2-15-12-11(14)13(17-6-16-12)19-8-3-4-9-10(5-8)20-7-18-9/h3-7H,2H2,1H3,(H2,15,16,17,19). The van der Waals surface area contributed by atoms with Crippen molar-refractivity contribution < 1.29 is 0 Å². The maximum absolute atomic E-state index is 4.27. The third-order valence-electron chi connectivity index (χ3n) is 2.73. The maximum Gasteiger partial charge on any atom is 0.150 e. The van der Waals surface area contributed by atoms with Gasteiger partial charge in [0, 0.05) is 12.2 Å². The molecule has 0 bridgehead atoms. The van der Waals surface area contributed by atoms with E-state index in [9.17, 15) is 0 Å². The molecule has 3 aromatic rings. The average molecular weight is 350 g/mol. The Morgan fingerprint density at radius 3 is 2.90 bits per heavy atom. The SMILES string of the molecule is CCNc1ncnc(Nc2ccc3ncsc3c2)c1Br. The van der Waals surface area contributed by atoms with E-state index < -0.39 is 0 Å². The lowest BCUT2D eigenvalue weighted by Crippen LogP contribution is -2.03. The first-order valence-corrected chi connectivity index (χ1v) is 7.80. The number of benzene rings is 1. The van der Waals surface area contributed by atoms with Gasteiger partial charge in [0.1, 0.15) is 22.4 Å². The molecule has 2 heterocycles. The summed E-state index contributed by atoms with van der Waals surface area (Å²) in [6, 6.07) is 6.05. The van der Waals surface area contributed by atoms with E-state index >= 15 is 0 Å². The Labute approximate surface area is 128 Å². The first-order valence-electron chi connectivity index (χ1n) is 6.12. The third-order valence-corrected chi connectivity index (χ3v) is 4.27. The largest absolute Gasteiger partial charge is 0.369 e. The predicted molar refractivity (Wildman–Crippen MR) is 86.8 cm³/mol. The van der Waals surface area contributed by atoms with Crippen LogP contribution in [0.3, 0.4) is 0 Å². The molecule has 0 amide bonds. The fourth-order valence-electron chi connectivity index (χ4n) is 1.82. The molecule has 2 aromatic heterocycles. The summed E-state index contributed by atoms with van der Waals surface area (Å²) in [5.74, 6) is 1.52. The first kappa shape index (κ1) is 13.3. The Bertz CT molecular complexity index is 742. The molecule has 0 radical (unpaired) electrons. The second-order valence-electron chi connectivity index (χ2n) is 4.08. The molecule has 0 aliphatic carbocycles. The second-order valence-corrected chi connectivity index (χ2v) is 5.75. The molecule has 20 heavy (non-hydrogen) atoms. The summed E-state index contributed by atoms with van der Waals surface area (Å²) in [4.78, 5) is 12.7. The number of fused-ring (bicyclic) bond motifs is 1. The highest BCUT2D eigenvalue weighted by Gasteiger charge is 2.08. The predicted octanol–water partition coefficient (Wildman–Crippen LogP) is 4.02. The molecule has 102 valence electrons. The van der Waals surface area contributed by atoms with Crippen molar-refractivity contribution in [1.82, 2.24) is 15.0 Å². The monoisotopic (exact) mass is 349 g/mol. The zero-order valence-corrected chi connectivity index (χ0v) is 13.1. The van der Waals surface area contributed by atoms with Gasteiger partial charge in [0.15, 0.2) is 0 Å². The molecule has 5 nitrogen and oxygen atoms in total. The zero-order valence-electron chi connectivity index (χ0n) is 10.7. The Hall–Kier alpha value is -1.73. The minimum atomic E-state index is 0.736. The van der Waals surface area contributed by atoms with Crippen LogP contribution in [0.25, 0.3) is 10.2 Å². The smallest absolute Gasteiger partial charge is 0.150 e. The number of hydrogen-bond acceptors (Lipinski definition) is 6. The van der Waals surface area contributed by atoms with Gasteiger partial charge in [0.25, 0.3) is 0 Å². The van der Waals surface area contributed by atoms with E-state index in [2.05, 4.69) is 47.6 Å². The third kappa shape index (κ3) is 2.59. The summed E-state index contributed by atoms with van der Waals surface area (Å²) in [5.41, 5.74) is 3.83. The van der Waals surface area contributed by atoms with Crippen LogP contribution in [0.4, 0.5) is 17.3 Å². The van der Waals surface area contributed by atoms with Crippen molar-refractivity contribution in [2.24, 2.45) is 0 Å². The highest BCUT2D eigenvalue weighted by Crippen LogP contribution is 2.30. The van der Waals surface area contributed by atoms with E-state index in [4.69, 9.17) is 0 Å². The molecule has 0 saturated carbocycles. The summed E-state index contributed by atoms with van der Waals surface area (Å²) in [6.45, 7) is 2.83. The van der Waals surface area contributed by atoms with Gasteiger partial charge >= 0.3 is 0 Å². The van der Waals surface area contributed by atoms with E-state index in [1.165, 1.54) is 6.33 Å². The summed E-state index contributed by atoms with van der Waals surface area (Å²) in [5, 5.41) is 6.48. The van der Waals surface area contributed by atoms with Crippen molar-refractivity contribution >= 4 is 54.8 Å². The molecule has 0 atom stereocenters. The summed E-state index contributed by atoms with van der Waals surface area (Å²) in [6.07, 6.45) is 1.54. The number of anilines is 3. The molecular weight excluding hydrogens is 338 g/mol. The molecule has 0 spiro atoms. The Morgan fingerprint density at radius 1 is 1.20 bits per heavy atom. The number of thiazole rings is 1. The highest BCUT2D eigenvalue weighted by atomic mass is 79.9. The molecule has 3 rings (SSSR count). The van der Waals surface area contributed by atoms with E-state index in [1.54, 1.807) is 11.3 Å². The maximum atomic E-state index is 4.27. The summed E-state index contributed by atoms with van der Waals surface area (Å²) in [7, 11) is 0. The van der Waals surface area contributed by atoms with Crippen molar-refractivity contribution in [2.45, 2.75) is 6.92 Å². The van der Waals surface area contributed by atoms with E-state index in [-0.39, 0.29) is 0 Å². The van der Waals surface area contributed by atoms with Crippen LogP contribution >= 0.6 is 27.3 Å². The van der Waals surface area contributed by atoms with Gasteiger partial charge in [-0.2, -0.15) is 0 Å². The van der Waals surface area contributed by atoms with Gasteiger partial charge in [0.2, 0.25) is 0 Å². The zero-order chi connectivity index (χ0) is 13.9. The van der Waals surface area contributed by atoms with Gasteiger partial charge < -0.3 is 10.6 Å². The van der Waals surface area contributed by atoms with Crippen LogP contribution in [-0.4, -0.2) is 21.5 Å². The topological polar surface area (TPSA) is 62.7 Å². The van der Waals surface area contributed by atoms with Gasteiger partial charge in [-0.3, -0.25) is 0 Å². The van der Waals surface area contributed by atoms with Crippen LogP contribution in [0.1, 0.15) is 6.92 Å². The van der Waals surface area contributed by atoms with Crippen molar-refractivity contribution in [1.29, 1.82) is 0 Å². The summed E-state index contributed by atoms with van der Waals surface area (Å²) >= 11 is 5.14. The minimum Gasteiger partial charge on any atom is -0.369 e. The van der Waals surface area contributed by atoms with Gasteiger partial charge in [-0.25, -0.2) is 15.0 Å². The fraction of sp³-hybridized carbons (Fsp3) is 0.154. The van der Waals surface area contributed by atoms with Crippen molar-refractivity contribution in [3.8, 4) is 0 Å². The average Bonchev–Trinajstić information content (AvgIpc) is 2.91. The Kier molecular flexibility index (Phi) is 3.79. The fourth-order valence-corrected chi connectivity index (χ4v) is 2.98. The van der Waals surface area contributed by atoms with Crippen LogP contribution in [-0.2, 0) is 0 Å². The number of aromatic nitrogens is 3. The van der Waals surface area contributed by atoms with Gasteiger partial charge in [0.05, 0.1) is 15.7 Å². The summed E-state index contributed by atoms with van der Waals surface area (Å²) < 4.78 is 1.97. The van der Waals surface area contributed by atoms with E-state index in [0.717, 1.165) is 38.6 Å². The normalized spacial score (nSPS) is 10.7. The Morgan fingerprint density at radius 2 is 2.05 bits per heavy atom. The quantitative estimate of drug-likeness (QED) is 0.744. The number of hydrogen-bond donors (Lipinski definition) is 2. The highest BCUT2D eigenvalue weighted by molar-refractivity contribution is 9.10. The molecule has 0 unspecified atom stereocenters. The Balaban J connectivity index is 1.91. The lowest BCUT2D eigenvalue weighted by atomic mass is 10.3. The van der Waals surface area contributed by atoms with Gasteiger partial charge in [-0.15, -0.1) is 11.3 Å². The second kappa shape index (κ2) is 5.72. The molecular formula is C13H12BrN5S. The van der Waals surface area contributed by atoms with Crippen LogP contribution in [0.15, 0.2) is 34.5 Å².